The third-order valence-electron chi connectivity index (χ3n) is 6.73. The van der Waals surface area contributed by atoms with E-state index in [1.165, 1.54) is 25.6 Å². The normalized spacial score (nSPS) is 15.3. The first kappa shape index (κ1) is 26.0. The number of methoxy groups -OCH3 is 1. The van der Waals surface area contributed by atoms with E-state index in [0.29, 0.717) is 55.4 Å². The van der Waals surface area contributed by atoms with Crippen molar-refractivity contribution in [3.63, 3.8) is 0 Å². The van der Waals surface area contributed by atoms with E-state index in [0.717, 1.165) is 24.1 Å². The molecule has 3 heterocycles. The van der Waals surface area contributed by atoms with Gasteiger partial charge in [0.25, 0.3) is 0 Å². The van der Waals surface area contributed by atoms with Crippen molar-refractivity contribution in [1.82, 2.24) is 25.9 Å². The molecule has 1 saturated carbocycles. The molecule has 0 saturated heterocycles. The molecule has 2 aliphatic rings. The van der Waals surface area contributed by atoms with Crippen LogP contribution in [0.1, 0.15) is 30.0 Å². The molecule has 6 rings (SSSR count). The number of fused-ring (bicyclic) bond motifs is 1. The molecule has 0 unspecified atom stereocenters. The fraction of sp³-hybridized carbons (Fsp3) is 0.179. The number of hydrogen-bond acceptors (Lipinski definition) is 9. The van der Waals surface area contributed by atoms with Crippen LogP contribution in [-0.4, -0.2) is 28.1 Å². The summed E-state index contributed by atoms with van der Waals surface area (Å²) >= 11 is 13.1. The summed E-state index contributed by atoms with van der Waals surface area (Å²) in [5.74, 6) is -0.126. The standard InChI is InChI=1S/C28H23Cl2FN8O/c1-40-28-20(29)3-2-4-22(28)36-25-16(11-32)13-34-27-19(25)9-17(10-21(27)30)35-26(15-5-8-24(31)33-12-15)23-14-39(38-37-23)18-6-7-18/h2-5,8-10,12-14,18,26,35,37-38H,6-7H2,1H3,(H,34,36)/t26-/m1/s1. The Morgan fingerprint density at radius 1 is 1.15 bits per heavy atom. The number of rotatable bonds is 8. The molecule has 40 heavy (non-hydrogen) atoms. The Balaban J connectivity index is 1.43. The maximum absolute atomic E-state index is 13.7. The Morgan fingerprint density at radius 2 is 2.00 bits per heavy atom. The van der Waals surface area contributed by atoms with Crippen LogP contribution in [0.4, 0.5) is 21.5 Å². The SMILES string of the molecule is COc1c(Cl)cccc1Nc1c(C#N)cnc2c(Cl)cc(N[C@@H](C3=CN(C4CC4)NN3)c3ccc(F)nc3)cc12. The highest BCUT2D eigenvalue weighted by molar-refractivity contribution is 6.36. The lowest BCUT2D eigenvalue weighted by Gasteiger charge is -2.22. The molecule has 12 heteroatoms. The number of anilines is 3. The molecule has 1 aliphatic heterocycles. The molecule has 4 N–H and O–H groups in total. The third kappa shape index (κ3) is 5.02. The van der Waals surface area contributed by atoms with E-state index in [4.69, 9.17) is 27.9 Å². The Hall–Kier alpha value is -4.30. The number of halogens is 3. The lowest BCUT2D eigenvalue weighted by molar-refractivity contribution is 0.260. The first-order valence-electron chi connectivity index (χ1n) is 12.5. The van der Waals surface area contributed by atoms with Crippen molar-refractivity contribution in [2.24, 2.45) is 0 Å². The van der Waals surface area contributed by atoms with E-state index < -0.39 is 12.0 Å². The Bertz CT molecular complexity index is 1670. The minimum atomic E-state index is -0.565. The second-order valence-electron chi connectivity index (χ2n) is 9.41. The number of aromatic nitrogens is 2. The van der Waals surface area contributed by atoms with Gasteiger partial charge in [-0.25, -0.2) is 4.98 Å². The molecule has 9 nitrogen and oxygen atoms in total. The van der Waals surface area contributed by atoms with Crippen molar-refractivity contribution >= 4 is 51.2 Å². The number of benzene rings is 2. The van der Waals surface area contributed by atoms with Crippen LogP contribution >= 0.6 is 23.2 Å². The van der Waals surface area contributed by atoms with E-state index in [-0.39, 0.29) is 0 Å². The van der Waals surface area contributed by atoms with Gasteiger partial charge in [0, 0.05) is 35.7 Å². The van der Waals surface area contributed by atoms with Gasteiger partial charge in [0.2, 0.25) is 5.95 Å². The number of hydrogen-bond donors (Lipinski definition) is 4. The van der Waals surface area contributed by atoms with Crippen LogP contribution in [0.2, 0.25) is 10.0 Å². The Kier molecular flexibility index (Phi) is 6.94. The fourth-order valence-corrected chi connectivity index (χ4v) is 5.14. The molecular formula is C28H23Cl2FN8O. The summed E-state index contributed by atoms with van der Waals surface area (Å²) in [6.45, 7) is 0. The average molecular weight is 577 g/mol. The maximum atomic E-state index is 13.7. The van der Waals surface area contributed by atoms with Crippen molar-refractivity contribution in [3.05, 3.63) is 93.9 Å². The summed E-state index contributed by atoms with van der Waals surface area (Å²) in [7, 11) is 1.52. The Labute approximate surface area is 239 Å². The summed E-state index contributed by atoms with van der Waals surface area (Å²) in [6, 6.07) is 14.1. The third-order valence-corrected chi connectivity index (χ3v) is 7.32. The topological polar surface area (TPSA) is 110 Å². The molecule has 2 aromatic heterocycles. The lowest BCUT2D eigenvalue weighted by atomic mass is 10.0. The van der Waals surface area contributed by atoms with Gasteiger partial charge in [0.15, 0.2) is 5.75 Å². The number of pyridine rings is 2. The van der Waals surface area contributed by atoms with Crippen molar-refractivity contribution in [2.75, 3.05) is 17.7 Å². The predicted octanol–water partition coefficient (Wildman–Crippen LogP) is 6.18. The predicted molar refractivity (Wildman–Crippen MR) is 153 cm³/mol. The number of nitriles is 1. The first-order chi connectivity index (χ1) is 19.4. The zero-order valence-corrected chi connectivity index (χ0v) is 22.7. The summed E-state index contributed by atoms with van der Waals surface area (Å²) in [4.78, 5) is 8.30. The highest BCUT2D eigenvalue weighted by Gasteiger charge is 2.32. The van der Waals surface area contributed by atoms with Crippen LogP contribution in [0.25, 0.3) is 10.9 Å². The van der Waals surface area contributed by atoms with Gasteiger partial charge >= 0.3 is 0 Å². The number of hydrazine groups is 2. The van der Waals surface area contributed by atoms with E-state index >= 15 is 0 Å². The minimum Gasteiger partial charge on any atom is -0.493 e. The largest absolute Gasteiger partial charge is 0.493 e. The van der Waals surface area contributed by atoms with Crippen LogP contribution in [0.5, 0.6) is 5.75 Å². The molecule has 1 aliphatic carbocycles. The van der Waals surface area contributed by atoms with Gasteiger partial charge in [0.1, 0.15) is 6.07 Å². The summed E-state index contributed by atoms with van der Waals surface area (Å²) in [5.41, 5.74) is 10.5. The second kappa shape index (κ2) is 10.7. The minimum absolute atomic E-state index is 0.312. The fourth-order valence-electron chi connectivity index (χ4n) is 4.62. The van der Waals surface area contributed by atoms with Gasteiger partial charge in [-0.05, 0) is 48.7 Å². The van der Waals surface area contributed by atoms with Crippen molar-refractivity contribution < 1.29 is 9.13 Å². The van der Waals surface area contributed by atoms with Crippen LogP contribution in [0.15, 0.2) is 66.8 Å². The first-order valence-corrected chi connectivity index (χ1v) is 13.2. The molecule has 0 radical (unpaired) electrons. The molecule has 2 aromatic carbocycles. The molecule has 1 fully saturated rings. The monoisotopic (exact) mass is 576 g/mol. The number of ether oxygens (including phenoxy) is 1. The molecule has 1 atom stereocenters. The molecule has 202 valence electrons. The molecule has 4 aromatic rings. The smallest absolute Gasteiger partial charge is 0.212 e. The molecular weight excluding hydrogens is 554 g/mol. The Morgan fingerprint density at radius 3 is 2.73 bits per heavy atom. The quantitative estimate of drug-likeness (QED) is 0.183. The van der Waals surface area contributed by atoms with Crippen LogP contribution in [-0.2, 0) is 0 Å². The zero-order valence-electron chi connectivity index (χ0n) is 21.2. The molecule has 0 spiro atoms. The van der Waals surface area contributed by atoms with Gasteiger partial charge in [-0.1, -0.05) is 35.3 Å². The van der Waals surface area contributed by atoms with E-state index in [1.807, 2.05) is 17.3 Å². The van der Waals surface area contributed by atoms with Crippen molar-refractivity contribution in [3.8, 4) is 11.8 Å². The van der Waals surface area contributed by atoms with Crippen LogP contribution < -0.4 is 26.3 Å². The maximum Gasteiger partial charge on any atom is 0.212 e. The summed E-state index contributed by atoms with van der Waals surface area (Å²) < 4.78 is 19.2. The van der Waals surface area contributed by atoms with Gasteiger partial charge in [-0.15, -0.1) is 5.53 Å². The summed E-state index contributed by atoms with van der Waals surface area (Å²) in [6.07, 6.45) is 7.17. The van der Waals surface area contributed by atoms with Gasteiger partial charge in [-0.2, -0.15) is 9.65 Å². The average Bonchev–Trinajstić information content (AvgIpc) is 3.69. The number of nitrogens with one attached hydrogen (secondary N) is 4. The molecule has 0 bridgehead atoms. The van der Waals surface area contributed by atoms with E-state index in [9.17, 15) is 9.65 Å². The molecule has 0 amide bonds. The highest BCUT2D eigenvalue weighted by atomic mass is 35.5. The van der Waals surface area contributed by atoms with E-state index in [2.05, 4.69) is 37.6 Å². The van der Waals surface area contributed by atoms with Crippen LogP contribution in [0.3, 0.4) is 0 Å². The van der Waals surface area contributed by atoms with Crippen LogP contribution in [0, 0.1) is 17.3 Å². The van der Waals surface area contributed by atoms with Gasteiger partial charge in [-0.3, -0.25) is 9.99 Å². The zero-order chi connectivity index (χ0) is 27.8. The van der Waals surface area contributed by atoms with Crippen molar-refractivity contribution in [2.45, 2.75) is 24.9 Å². The second-order valence-corrected chi connectivity index (χ2v) is 10.2. The highest BCUT2D eigenvalue weighted by Crippen LogP contribution is 2.40. The number of para-hydroxylation sites is 1. The van der Waals surface area contributed by atoms with Crippen molar-refractivity contribution in [1.29, 1.82) is 5.26 Å². The lowest BCUT2D eigenvalue weighted by Crippen LogP contribution is -2.38. The van der Waals surface area contributed by atoms with Gasteiger partial charge < -0.3 is 20.8 Å². The van der Waals surface area contributed by atoms with E-state index in [1.54, 1.807) is 30.3 Å². The number of nitrogens with zero attached hydrogens (tertiary/aromatic N) is 4. The summed E-state index contributed by atoms with van der Waals surface area (Å²) in [5, 5.41) is 20.2. The van der Waals surface area contributed by atoms with Gasteiger partial charge in [0.05, 0.1) is 51.3 Å².